The summed E-state index contributed by atoms with van der Waals surface area (Å²) in [5.74, 6) is -1.37. The number of hydrogen-bond acceptors (Lipinski definition) is 11. The first-order valence-electron chi connectivity index (χ1n) is 16.6. The Balaban J connectivity index is 1.10. The van der Waals surface area contributed by atoms with Crippen molar-refractivity contribution < 1.29 is 52.4 Å². The highest BCUT2D eigenvalue weighted by Gasteiger charge is 2.20. The Bertz CT molecular complexity index is 1700. The first kappa shape index (κ1) is 37.8. The molecule has 0 bridgehead atoms. The topological polar surface area (TPSA) is 141 Å². The van der Waals surface area contributed by atoms with Gasteiger partial charge in [-0.05, 0) is 97.7 Å². The number of rotatable bonds is 16. The van der Waals surface area contributed by atoms with Crippen LogP contribution in [0.25, 0.3) is 17.2 Å². The fraction of sp³-hybridized carbons (Fsp3) is 0.275. The van der Waals surface area contributed by atoms with Crippen LogP contribution in [0.15, 0.2) is 104 Å². The van der Waals surface area contributed by atoms with Gasteiger partial charge in [-0.25, -0.2) is 19.2 Å². The smallest absolute Gasteiger partial charge is 0.462 e. The van der Waals surface area contributed by atoms with Gasteiger partial charge in [-0.3, -0.25) is 4.79 Å². The average molecular weight is 697 g/mol. The molecule has 266 valence electrons. The molecule has 1 fully saturated rings. The van der Waals surface area contributed by atoms with E-state index in [-0.39, 0.29) is 31.3 Å². The van der Waals surface area contributed by atoms with Crippen LogP contribution in [0.3, 0.4) is 0 Å². The summed E-state index contributed by atoms with van der Waals surface area (Å²) >= 11 is 0. The zero-order chi connectivity index (χ0) is 36.4. The van der Waals surface area contributed by atoms with Crippen LogP contribution < -0.4 is 14.2 Å². The van der Waals surface area contributed by atoms with E-state index in [9.17, 15) is 24.0 Å². The van der Waals surface area contributed by atoms with E-state index in [0.717, 1.165) is 54.9 Å². The highest BCUT2D eigenvalue weighted by Crippen LogP contribution is 2.24. The van der Waals surface area contributed by atoms with Crippen LogP contribution in [0, 0.1) is 0 Å². The second-order valence-electron chi connectivity index (χ2n) is 11.6. The van der Waals surface area contributed by atoms with E-state index in [0.29, 0.717) is 30.1 Å². The Morgan fingerprint density at radius 3 is 1.80 bits per heavy atom. The molecule has 0 atom stereocenters. The van der Waals surface area contributed by atoms with E-state index in [1.54, 1.807) is 30.3 Å². The van der Waals surface area contributed by atoms with Crippen molar-refractivity contribution in [3.05, 3.63) is 109 Å². The summed E-state index contributed by atoms with van der Waals surface area (Å²) in [6.07, 6.45) is 8.65. The predicted molar refractivity (Wildman–Crippen MR) is 188 cm³/mol. The zero-order valence-corrected chi connectivity index (χ0v) is 28.2. The van der Waals surface area contributed by atoms with Gasteiger partial charge in [0.1, 0.15) is 23.4 Å². The molecular weight excluding hydrogens is 656 g/mol. The molecule has 1 aliphatic rings. The third-order valence-electron chi connectivity index (χ3n) is 7.63. The fourth-order valence-corrected chi connectivity index (χ4v) is 4.96. The van der Waals surface area contributed by atoms with E-state index < -0.39 is 30.0 Å². The lowest BCUT2D eigenvalue weighted by atomic mass is 9.98. The first-order valence-corrected chi connectivity index (χ1v) is 16.6. The summed E-state index contributed by atoms with van der Waals surface area (Å²) in [5, 5.41) is 0. The molecule has 11 nitrogen and oxygen atoms in total. The van der Waals surface area contributed by atoms with Gasteiger partial charge >= 0.3 is 30.0 Å². The maximum atomic E-state index is 12.2. The van der Waals surface area contributed by atoms with Gasteiger partial charge in [0.2, 0.25) is 0 Å². The number of esters is 4. The Kier molecular flexibility index (Phi) is 14.8. The summed E-state index contributed by atoms with van der Waals surface area (Å²) < 4.78 is 31.2. The monoisotopic (exact) mass is 696 g/mol. The van der Waals surface area contributed by atoms with Gasteiger partial charge in [0, 0.05) is 17.7 Å². The molecule has 0 aromatic heterocycles. The summed E-state index contributed by atoms with van der Waals surface area (Å²) in [6, 6.07) is 20.4. The van der Waals surface area contributed by atoms with E-state index in [2.05, 4.69) is 13.2 Å². The minimum Gasteiger partial charge on any atom is -0.462 e. The number of benzene rings is 3. The Labute approximate surface area is 296 Å². The van der Waals surface area contributed by atoms with Gasteiger partial charge in [0.25, 0.3) is 0 Å². The van der Waals surface area contributed by atoms with Crippen molar-refractivity contribution in [2.45, 2.75) is 57.5 Å². The largest absolute Gasteiger partial charge is 0.513 e. The van der Waals surface area contributed by atoms with E-state index in [1.807, 2.05) is 24.3 Å². The Morgan fingerprint density at radius 2 is 1.20 bits per heavy atom. The quantitative estimate of drug-likeness (QED) is 0.0363. The van der Waals surface area contributed by atoms with Gasteiger partial charge in [0.05, 0.1) is 19.6 Å². The molecule has 3 aromatic carbocycles. The van der Waals surface area contributed by atoms with E-state index in [1.165, 1.54) is 30.3 Å². The summed E-state index contributed by atoms with van der Waals surface area (Å²) in [6.45, 7) is 7.13. The van der Waals surface area contributed by atoms with Crippen molar-refractivity contribution >= 4 is 36.1 Å². The van der Waals surface area contributed by atoms with Crippen molar-refractivity contribution in [3.63, 3.8) is 0 Å². The second-order valence-corrected chi connectivity index (χ2v) is 11.6. The first-order chi connectivity index (χ1) is 24.7. The van der Waals surface area contributed by atoms with Crippen LogP contribution in [-0.4, -0.2) is 49.4 Å². The van der Waals surface area contributed by atoms with Gasteiger partial charge in [-0.1, -0.05) is 56.0 Å². The lowest BCUT2D eigenvalue weighted by molar-refractivity contribution is -0.151. The molecule has 1 saturated carbocycles. The molecule has 3 aromatic rings. The maximum absolute atomic E-state index is 12.2. The van der Waals surface area contributed by atoms with Crippen LogP contribution in [-0.2, 0) is 33.4 Å². The molecular formula is C40H40O11. The number of ether oxygens (including phenoxy) is 6. The van der Waals surface area contributed by atoms with Gasteiger partial charge in [-0.2, -0.15) is 0 Å². The van der Waals surface area contributed by atoms with E-state index >= 15 is 0 Å². The molecule has 0 heterocycles. The van der Waals surface area contributed by atoms with Crippen LogP contribution in [0.5, 0.6) is 17.2 Å². The normalized spacial score (nSPS) is 12.7. The number of hydrogen-bond donors (Lipinski definition) is 0. The maximum Gasteiger partial charge on any atom is 0.513 e. The van der Waals surface area contributed by atoms with Crippen molar-refractivity contribution in [1.29, 1.82) is 0 Å². The highest BCUT2D eigenvalue weighted by molar-refractivity contribution is 5.93. The third-order valence-corrected chi connectivity index (χ3v) is 7.63. The average Bonchev–Trinajstić information content (AvgIpc) is 3.13. The highest BCUT2D eigenvalue weighted by atomic mass is 16.7. The number of unbranched alkanes of at least 4 members (excludes halogenated alkanes) is 1. The van der Waals surface area contributed by atoms with Gasteiger partial charge < -0.3 is 28.4 Å². The summed E-state index contributed by atoms with van der Waals surface area (Å²) in [4.78, 5) is 59.8. The molecule has 0 radical (unpaired) electrons. The minimum absolute atomic E-state index is 0.0446. The predicted octanol–water partition coefficient (Wildman–Crippen LogP) is 7.72. The summed E-state index contributed by atoms with van der Waals surface area (Å²) in [7, 11) is 0. The van der Waals surface area contributed by atoms with Crippen LogP contribution in [0.2, 0.25) is 0 Å². The van der Waals surface area contributed by atoms with Crippen molar-refractivity contribution in [1.82, 2.24) is 0 Å². The van der Waals surface area contributed by atoms with Crippen molar-refractivity contribution in [2.24, 2.45) is 0 Å². The molecule has 0 aliphatic heterocycles. The van der Waals surface area contributed by atoms with Crippen LogP contribution >= 0.6 is 0 Å². The number of carbonyl (C=O) groups excluding carboxylic acids is 5. The molecule has 0 amide bonds. The zero-order valence-electron chi connectivity index (χ0n) is 28.2. The molecule has 51 heavy (non-hydrogen) atoms. The fourth-order valence-electron chi connectivity index (χ4n) is 4.96. The molecule has 0 spiro atoms. The molecule has 4 rings (SSSR count). The lowest BCUT2D eigenvalue weighted by Crippen LogP contribution is -2.22. The number of carbonyl (C=O) groups is 5. The lowest BCUT2D eigenvalue weighted by Gasteiger charge is -2.21. The van der Waals surface area contributed by atoms with Gasteiger partial charge in [-0.15, -0.1) is 0 Å². The minimum atomic E-state index is -0.856. The standard InChI is InChI=1S/C40H40O11/c1-3-36(41)48-33-20-22-34(23-21-33)49-37(42)24-13-29-11-14-30(15-12-29)31-16-18-35(19-17-31)51-40(45)47-26-8-7-25-46-39(44)28(2)27-38(43)50-32-9-5-4-6-10-32/h3,11-24,32H,1-2,4-10,25-27H2/b24-13+. The van der Waals surface area contributed by atoms with Gasteiger partial charge in [0.15, 0.2) is 0 Å². The Hall–Kier alpha value is -5.97. The SMILES string of the molecule is C=CC(=O)Oc1ccc(OC(=O)/C=C/c2ccc(-c3ccc(OC(=O)OCCCCOC(=O)C(=C)CC(=O)OC4CCCCC4)cc3)cc2)cc1. The Morgan fingerprint density at radius 1 is 0.667 bits per heavy atom. The van der Waals surface area contributed by atoms with Crippen LogP contribution in [0.1, 0.15) is 56.9 Å². The van der Waals surface area contributed by atoms with Crippen molar-refractivity contribution in [3.8, 4) is 28.4 Å². The third kappa shape index (κ3) is 13.5. The van der Waals surface area contributed by atoms with Crippen molar-refractivity contribution in [2.75, 3.05) is 13.2 Å². The summed E-state index contributed by atoms with van der Waals surface area (Å²) in [5.41, 5.74) is 2.61. The van der Waals surface area contributed by atoms with E-state index in [4.69, 9.17) is 28.4 Å². The molecule has 1 aliphatic carbocycles. The molecule has 0 saturated heterocycles. The molecule has 0 N–H and O–H groups in total. The second kappa shape index (κ2) is 19.9. The molecule has 0 unspecified atom stereocenters. The molecule has 11 heteroatoms. The van der Waals surface area contributed by atoms with Crippen LogP contribution in [0.4, 0.5) is 4.79 Å².